The summed E-state index contributed by atoms with van der Waals surface area (Å²) in [6.45, 7) is 4.12. The van der Waals surface area contributed by atoms with Crippen molar-refractivity contribution in [1.82, 2.24) is 4.90 Å². The first kappa shape index (κ1) is 24.5. The summed E-state index contributed by atoms with van der Waals surface area (Å²) < 4.78 is 49.3. The summed E-state index contributed by atoms with van der Waals surface area (Å²) >= 11 is 0. The summed E-state index contributed by atoms with van der Waals surface area (Å²) in [7, 11) is 0. The van der Waals surface area contributed by atoms with Crippen molar-refractivity contribution in [2.75, 3.05) is 25.1 Å². The summed E-state index contributed by atoms with van der Waals surface area (Å²) in [6, 6.07) is 6.50. The van der Waals surface area contributed by atoms with Crippen LogP contribution in [0.5, 0.6) is 0 Å². The maximum absolute atomic E-state index is 13.2. The van der Waals surface area contributed by atoms with Crippen molar-refractivity contribution < 1.29 is 37.3 Å². The van der Waals surface area contributed by atoms with E-state index < -0.39 is 43.4 Å². The van der Waals surface area contributed by atoms with E-state index in [0.717, 1.165) is 4.90 Å². The first-order valence-electron chi connectivity index (χ1n) is 9.30. The number of aliphatic hydroxyl groups is 1. The van der Waals surface area contributed by atoms with Crippen LogP contribution in [0, 0.1) is 0 Å². The van der Waals surface area contributed by atoms with Gasteiger partial charge in [0.25, 0.3) is 0 Å². The van der Waals surface area contributed by atoms with Crippen LogP contribution in [-0.2, 0) is 16.0 Å². The third kappa shape index (κ3) is 7.12. The van der Waals surface area contributed by atoms with Crippen molar-refractivity contribution >= 4 is 17.9 Å². The standard InChI is InChI=1S/C19H27F3N2O5/c1-4-18(27,19(20,21)22)11-12-24(17(26)29-6-3)13-14-9-7-8-10-15(14)23-16(25)28-5-2/h7-10,27H,4-6,11-13H2,1-3H3,(H,23,25). The Morgan fingerprint density at radius 1 is 1.10 bits per heavy atom. The minimum Gasteiger partial charge on any atom is -0.450 e. The molecule has 29 heavy (non-hydrogen) atoms. The van der Waals surface area contributed by atoms with E-state index in [1.807, 2.05) is 0 Å². The average Bonchev–Trinajstić information content (AvgIpc) is 2.65. The van der Waals surface area contributed by atoms with E-state index in [-0.39, 0.29) is 19.8 Å². The minimum atomic E-state index is -4.83. The monoisotopic (exact) mass is 420 g/mol. The van der Waals surface area contributed by atoms with Gasteiger partial charge in [0, 0.05) is 18.7 Å². The number of halogens is 3. The Balaban J connectivity index is 3.03. The number of benzene rings is 1. The second-order valence-electron chi connectivity index (χ2n) is 6.26. The molecule has 1 unspecified atom stereocenters. The normalized spacial score (nSPS) is 13.3. The van der Waals surface area contributed by atoms with Gasteiger partial charge in [0.2, 0.25) is 0 Å². The maximum Gasteiger partial charge on any atom is 0.417 e. The molecule has 0 bridgehead atoms. The first-order valence-corrected chi connectivity index (χ1v) is 9.30. The number of alkyl halides is 3. The third-order valence-electron chi connectivity index (χ3n) is 4.32. The van der Waals surface area contributed by atoms with Crippen molar-refractivity contribution in [1.29, 1.82) is 0 Å². The van der Waals surface area contributed by atoms with Gasteiger partial charge < -0.3 is 19.5 Å². The van der Waals surface area contributed by atoms with Gasteiger partial charge in [-0.3, -0.25) is 5.32 Å². The van der Waals surface area contributed by atoms with Crippen LogP contribution < -0.4 is 5.32 Å². The Morgan fingerprint density at radius 3 is 2.28 bits per heavy atom. The molecule has 0 aromatic heterocycles. The van der Waals surface area contributed by atoms with E-state index in [0.29, 0.717) is 11.3 Å². The van der Waals surface area contributed by atoms with Gasteiger partial charge >= 0.3 is 18.4 Å². The van der Waals surface area contributed by atoms with Gasteiger partial charge in [-0.25, -0.2) is 9.59 Å². The molecule has 0 aliphatic heterocycles. The number of hydrogen-bond acceptors (Lipinski definition) is 5. The van der Waals surface area contributed by atoms with Gasteiger partial charge in [0.05, 0.1) is 19.8 Å². The number of anilines is 1. The zero-order valence-corrected chi connectivity index (χ0v) is 16.7. The summed E-state index contributed by atoms with van der Waals surface area (Å²) in [5.41, 5.74) is -2.09. The van der Waals surface area contributed by atoms with E-state index in [9.17, 15) is 27.9 Å². The Hall–Kier alpha value is -2.49. The van der Waals surface area contributed by atoms with Crippen LogP contribution in [0.3, 0.4) is 0 Å². The molecule has 0 aliphatic rings. The fourth-order valence-corrected chi connectivity index (χ4v) is 2.55. The van der Waals surface area contributed by atoms with Crippen LogP contribution in [0.1, 0.15) is 39.2 Å². The molecule has 0 spiro atoms. The van der Waals surface area contributed by atoms with Crippen LogP contribution in [0.4, 0.5) is 28.4 Å². The van der Waals surface area contributed by atoms with Crippen molar-refractivity contribution in [2.45, 2.75) is 51.9 Å². The first-order chi connectivity index (χ1) is 13.6. The van der Waals surface area contributed by atoms with Crippen LogP contribution in [-0.4, -0.2) is 53.7 Å². The number of para-hydroxylation sites is 1. The molecule has 1 aromatic rings. The number of nitrogens with zero attached hydrogens (tertiary/aromatic N) is 1. The summed E-state index contributed by atoms with van der Waals surface area (Å²) in [6.07, 6.45) is -7.60. The van der Waals surface area contributed by atoms with E-state index in [4.69, 9.17) is 9.47 Å². The third-order valence-corrected chi connectivity index (χ3v) is 4.32. The number of amides is 2. The Morgan fingerprint density at radius 2 is 1.72 bits per heavy atom. The van der Waals surface area contributed by atoms with Gasteiger partial charge in [-0.1, -0.05) is 25.1 Å². The van der Waals surface area contributed by atoms with Crippen molar-refractivity contribution in [2.24, 2.45) is 0 Å². The van der Waals surface area contributed by atoms with Crippen molar-refractivity contribution in [3.05, 3.63) is 29.8 Å². The molecule has 0 radical (unpaired) electrons. The zero-order chi connectivity index (χ0) is 22.1. The van der Waals surface area contributed by atoms with E-state index in [1.165, 1.54) is 6.92 Å². The molecule has 0 saturated heterocycles. The predicted molar refractivity (Wildman–Crippen MR) is 100 cm³/mol. The lowest BCUT2D eigenvalue weighted by molar-refractivity contribution is -0.264. The van der Waals surface area contributed by atoms with Gasteiger partial charge in [0.1, 0.15) is 0 Å². The summed E-state index contributed by atoms with van der Waals surface area (Å²) in [4.78, 5) is 25.0. The molecule has 7 nitrogen and oxygen atoms in total. The Bertz CT molecular complexity index is 684. The molecule has 10 heteroatoms. The maximum atomic E-state index is 13.2. The lowest BCUT2D eigenvalue weighted by atomic mass is 9.95. The quantitative estimate of drug-likeness (QED) is 0.622. The molecule has 1 atom stereocenters. The highest BCUT2D eigenvalue weighted by molar-refractivity contribution is 5.85. The fourth-order valence-electron chi connectivity index (χ4n) is 2.55. The van der Waals surface area contributed by atoms with Crippen LogP contribution >= 0.6 is 0 Å². The SMILES string of the molecule is CCOC(=O)Nc1ccccc1CN(CCC(O)(CC)C(F)(F)F)C(=O)OCC. The lowest BCUT2D eigenvalue weighted by Gasteiger charge is -2.32. The number of hydrogen-bond donors (Lipinski definition) is 2. The highest BCUT2D eigenvalue weighted by Crippen LogP contribution is 2.36. The van der Waals surface area contributed by atoms with Gasteiger partial charge in [-0.15, -0.1) is 0 Å². The smallest absolute Gasteiger partial charge is 0.417 e. The minimum absolute atomic E-state index is 0.0371. The van der Waals surface area contributed by atoms with Gasteiger partial charge in [-0.05, 0) is 31.9 Å². The summed E-state index contributed by atoms with van der Waals surface area (Å²) in [5.74, 6) is 0. The highest BCUT2D eigenvalue weighted by atomic mass is 19.4. The molecule has 0 aliphatic carbocycles. The van der Waals surface area contributed by atoms with E-state index in [2.05, 4.69) is 5.32 Å². The fraction of sp³-hybridized carbons (Fsp3) is 0.579. The van der Waals surface area contributed by atoms with Crippen molar-refractivity contribution in [3.8, 4) is 0 Å². The van der Waals surface area contributed by atoms with Crippen molar-refractivity contribution in [3.63, 3.8) is 0 Å². The molecule has 164 valence electrons. The van der Waals surface area contributed by atoms with Gasteiger partial charge in [-0.2, -0.15) is 13.2 Å². The number of ether oxygens (including phenoxy) is 2. The Kier molecular flexibility index (Phi) is 9.22. The number of carbonyl (C=O) groups excluding carboxylic acids is 2. The number of rotatable bonds is 9. The van der Waals surface area contributed by atoms with Gasteiger partial charge in [0.15, 0.2) is 5.60 Å². The molecular weight excluding hydrogens is 393 g/mol. The molecule has 0 saturated carbocycles. The largest absolute Gasteiger partial charge is 0.450 e. The second kappa shape index (κ2) is 10.9. The van der Waals surface area contributed by atoms with Crippen LogP contribution in [0.25, 0.3) is 0 Å². The molecule has 0 heterocycles. The zero-order valence-electron chi connectivity index (χ0n) is 16.7. The summed E-state index contributed by atoms with van der Waals surface area (Å²) in [5, 5.41) is 12.5. The topological polar surface area (TPSA) is 88.1 Å². The molecule has 0 fully saturated rings. The number of nitrogens with one attached hydrogen (secondary N) is 1. The average molecular weight is 420 g/mol. The van der Waals surface area contributed by atoms with Crippen LogP contribution in [0.2, 0.25) is 0 Å². The molecule has 2 amide bonds. The molecule has 1 rings (SSSR count). The predicted octanol–water partition coefficient (Wildman–Crippen LogP) is 4.31. The molecule has 1 aromatic carbocycles. The Labute approximate surface area is 167 Å². The van der Waals surface area contributed by atoms with E-state index >= 15 is 0 Å². The molecular formula is C19H27F3N2O5. The molecule has 2 N–H and O–H groups in total. The second-order valence-corrected chi connectivity index (χ2v) is 6.26. The van der Waals surface area contributed by atoms with E-state index in [1.54, 1.807) is 38.1 Å². The number of carbonyl (C=O) groups is 2. The van der Waals surface area contributed by atoms with Crippen LogP contribution in [0.15, 0.2) is 24.3 Å². The lowest BCUT2D eigenvalue weighted by Crippen LogP contribution is -2.47. The highest BCUT2D eigenvalue weighted by Gasteiger charge is 2.52.